The SMILES string of the molecule is CCN1CCN(C(=O)NC(C(=O)N[C@]2(SC)C(=O)N3C(C(=O)O)=C(CSc4nncs4)CS[C@@H]32)c2ccccc2)C(=O)C1=O. The number of hydrogen-bond acceptors (Lipinski definition) is 12. The van der Waals surface area contributed by atoms with Crippen molar-refractivity contribution >= 4 is 82.3 Å². The number of β-lactam (4-membered cyclic amide) rings is 1. The fraction of sp³-hybridized carbons (Fsp3) is 0.385. The van der Waals surface area contributed by atoms with Crippen molar-refractivity contribution in [1.29, 1.82) is 0 Å². The summed E-state index contributed by atoms with van der Waals surface area (Å²) in [4.78, 5) is 79.9. The average molecular weight is 678 g/mol. The zero-order chi connectivity index (χ0) is 31.6. The predicted molar refractivity (Wildman–Crippen MR) is 164 cm³/mol. The number of urea groups is 1. The van der Waals surface area contributed by atoms with Crippen LogP contribution in [-0.4, -0.2) is 113 Å². The smallest absolute Gasteiger partial charge is 0.352 e. The van der Waals surface area contributed by atoms with Gasteiger partial charge in [0.05, 0.1) is 0 Å². The topological polar surface area (TPSA) is 182 Å². The van der Waals surface area contributed by atoms with E-state index in [4.69, 9.17) is 0 Å². The van der Waals surface area contributed by atoms with Gasteiger partial charge in [-0.1, -0.05) is 53.4 Å². The molecule has 0 aliphatic carbocycles. The number of benzene rings is 1. The number of thioether (sulfide) groups is 3. The van der Waals surface area contributed by atoms with Crippen molar-refractivity contribution in [2.24, 2.45) is 0 Å². The summed E-state index contributed by atoms with van der Waals surface area (Å²) in [5.41, 5.74) is 2.37. The Balaban J connectivity index is 1.36. The summed E-state index contributed by atoms with van der Waals surface area (Å²) >= 11 is 5.04. The zero-order valence-corrected chi connectivity index (χ0v) is 26.7. The van der Waals surface area contributed by atoms with Gasteiger partial charge in [-0.15, -0.1) is 33.7 Å². The van der Waals surface area contributed by atoms with Gasteiger partial charge in [0.25, 0.3) is 5.91 Å². The van der Waals surface area contributed by atoms with Gasteiger partial charge in [-0.05, 0) is 24.3 Å². The van der Waals surface area contributed by atoms with Crippen molar-refractivity contribution in [2.75, 3.05) is 37.4 Å². The molecule has 18 heteroatoms. The van der Waals surface area contributed by atoms with Crippen molar-refractivity contribution in [3.05, 3.63) is 52.7 Å². The Morgan fingerprint density at radius 2 is 1.91 bits per heavy atom. The van der Waals surface area contributed by atoms with Crippen LogP contribution in [0.3, 0.4) is 0 Å². The van der Waals surface area contributed by atoms with Crippen LogP contribution in [0.2, 0.25) is 0 Å². The Morgan fingerprint density at radius 3 is 2.55 bits per heavy atom. The van der Waals surface area contributed by atoms with Crippen LogP contribution in [0.1, 0.15) is 18.5 Å². The van der Waals surface area contributed by atoms with Crippen molar-refractivity contribution in [3.8, 4) is 0 Å². The molecule has 1 unspecified atom stereocenters. The zero-order valence-electron chi connectivity index (χ0n) is 23.4. The van der Waals surface area contributed by atoms with Gasteiger partial charge in [0.2, 0.25) is 5.91 Å². The third kappa shape index (κ3) is 5.78. The Hall–Kier alpha value is -3.61. The molecule has 44 heavy (non-hydrogen) atoms. The first-order valence-corrected chi connectivity index (χ1v) is 17.4. The van der Waals surface area contributed by atoms with Crippen molar-refractivity contribution < 1.29 is 33.9 Å². The summed E-state index contributed by atoms with van der Waals surface area (Å²) < 4.78 is 0.669. The van der Waals surface area contributed by atoms with Gasteiger partial charge in [0.1, 0.15) is 22.6 Å². The highest BCUT2D eigenvalue weighted by Crippen LogP contribution is 2.51. The molecule has 14 nitrogen and oxygen atoms in total. The maximum atomic E-state index is 13.9. The fourth-order valence-corrected chi connectivity index (χ4v) is 9.25. The first-order chi connectivity index (χ1) is 21.1. The molecule has 1 aromatic heterocycles. The molecule has 3 N–H and O–H groups in total. The molecule has 0 spiro atoms. The number of piperazine rings is 1. The number of carboxylic acid groups (broad SMARTS) is 1. The first-order valence-electron chi connectivity index (χ1n) is 13.3. The molecular weight excluding hydrogens is 651 g/mol. The average Bonchev–Trinajstić information content (AvgIpc) is 3.56. The van der Waals surface area contributed by atoms with Gasteiger partial charge in [0.15, 0.2) is 9.21 Å². The number of likely N-dealkylation sites (N-methyl/N-ethyl adjacent to an activating group) is 1. The maximum absolute atomic E-state index is 13.9. The lowest BCUT2D eigenvalue weighted by Gasteiger charge is -2.56. The quantitative estimate of drug-likeness (QED) is 0.142. The number of amides is 6. The molecule has 2 aromatic rings. The number of carboxylic acids is 1. The first kappa shape index (κ1) is 31.8. The number of imide groups is 1. The summed E-state index contributed by atoms with van der Waals surface area (Å²) in [7, 11) is 0. The molecule has 0 saturated carbocycles. The highest BCUT2D eigenvalue weighted by molar-refractivity contribution is 8.05. The number of aliphatic carboxylic acids is 1. The fourth-order valence-electron chi connectivity index (χ4n) is 5.00. The third-order valence-electron chi connectivity index (χ3n) is 7.25. The normalized spacial score (nSPS) is 22.4. The molecular formula is C26H27N7O7S4. The number of nitrogens with one attached hydrogen (secondary N) is 2. The number of carbonyl (C=O) groups excluding carboxylic acids is 5. The van der Waals surface area contributed by atoms with Crippen molar-refractivity contribution in [3.63, 3.8) is 0 Å². The van der Waals surface area contributed by atoms with E-state index >= 15 is 0 Å². The minimum atomic E-state index is -1.52. The van der Waals surface area contributed by atoms with Crippen LogP contribution in [0.15, 0.2) is 51.5 Å². The highest BCUT2D eigenvalue weighted by atomic mass is 32.2. The van der Waals surface area contributed by atoms with Crippen molar-refractivity contribution in [1.82, 2.24) is 35.5 Å². The Bertz CT molecular complexity index is 1520. The molecule has 0 radical (unpaired) electrons. The Kier molecular flexibility index (Phi) is 9.52. The van der Waals surface area contributed by atoms with Crippen LogP contribution < -0.4 is 10.6 Å². The van der Waals surface area contributed by atoms with Crippen LogP contribution in [0.4, 0.5) is 4.79 Å². The molecule has 1 aromatic carbocycles. The molecule has 4 heterocycles. The largest absolute Gasteiger partial charge is 0.477 e. The van der Waals surface area contributed by atoms with Crippen molar-refractivity contribution in [2.45, 2.75) is 27.6 Å². The minimum Gasteiger partial charge on any atom is -0.477 e. The summed E-state index contributed by atoms with van der Waals surface area (Å²) in [5.74, 6) is -3.81. The summed E-state index contributed by atoms with van der Waals surface area (Å²) in [6, 6.07) is 6.01. The maximum Gasteiger partial charge on any atom is 0.352 e. The van der Waals surface area contributed by atoms with Crippen LogP contribution in [-0.2, 0) is 24.0 Å². The lowest BCUT2D eigenvalue weighted by atomic mass is 10.00. The molecule has 3 aliphatic rings. The van der Waals surface area contributed by atoms with Gasteiger partial charge in [-0.25, -0.2) is 9.59 Å². The number of nitrogens with zero attached hydrogens (tertiary/aromatic N) is 5. The Morgan fingerprint density at radius 1 is 1.16 bits per heavy atom. The van der Waals surface area contributed by atoms with E-state index in [1.54, 1.807) is 49.0 Å². The standard InChI is InChI=1S/C26H27N7O7S4/c1-3-31-9-10-32(20(36)19(31)35)24(40)28-16(14-7-5-4-6-8-14)18(34)29-26(41-2)22(39)33-17(21(37)38)15(11-42-23(26)33)12-43-25-30-27-13-44-25/h4-8,13,16,23H,3,9-12H2,1-2H3,(H,28,40)(H,29,34)(H,37,38)/t16?,23-,26+/m1/s1. The number of hydrogen-bond donors (Lipinski definition) is 3. The second-order valence-electron chi connectivity index (χ2n) is 9.65. The molecule has 3 aliphatic heterocycles. The number of rotatable bonds is 10. The Labute approximate surface area is 268 Å². The molecule has 3 atom stereocenters. The summed E-state index contributed by atoms with van der Waals surface area (Å²) in [6.07, 6.45) is 1.63. The van der Waals surface area contributed by atoms with E-state index < -0.39 is 51.9 Å². The monoisotopic (exact) mass is 677 g/mol. The van der Waals surface area contributed by atoms with Gasteiger partial charge in [-0.3, -0.25) is 29.0 Å². The van der Waals surface area contributed by atoms with E-state index in [1.165, 1.54) is 44.7 Å². The minimum absolute atomic E-state index is 0.0434. The number of carbonyl (C=O) groups is 6. The van der Waals surface area contributed by atoms with E-state index in [9.17, 15) is 33.9 Å². The van der Waals surface area contributed by atoms with Gasteiger partial charge < -0.3 is 20.6 Å². The number of aromatic nitrogens is 2. The van der Waals surface area contributed by atoms with E-state index in [0.717, 1.165) is 16.7 Å². The lowest BCUT2D eigenvalue weighted by molar-refractivity contribution is -0.153. The van der Waals surface area contributed by atoms with Crippen LogP contribution in [0.5, 0.6) is 0 Å². The predicted octanol–water partition coefficient (Wildman–Crippen LogP) is 1.20. The van der Waals surface area contributed by atoms with Crippen LogP contribution in [0.25, 0.3) is 0 Å². The molecule has 0 bridgehead atoms. The van der Waals surface area contributed by atoms with E-state index in [2.05, 4.69) is 20.8 Å². The summed E-state index contributed by atoms with van der Waals surface area (Å²) in [5, 5.41) is 22.4. The second-order valence-corrected chi connectivity index (χ2v) is 13.8. The molecule has 2 saturated heterocycles. The summed E-state index contributed by atoms with van der Waals surface area (Å²) in [6.45, 7) is 2.16. The molecule has 232 valence electrons. The van der Waals surface area contributed by atoms with Gasteiger partial charge in [-0.2, -0.15) is 0 Å². The lowest BCUT2D eigenvalue weighted by Crippen LogP contribution is -2.78. The van der Waals surface area contributed by atoms with Gasteiger partial charge >= 0.3 is 23.8 Å². The number of fused-ring (bicyclic) bond motifs is 1. The van der Waals surface area contributed by atoms with Gasteiger partial charge in [0, 0.05) is 31.1 Å². The highest BCUT2D eigenvalue weighted by Gasteiger charge is 2.65. The van der Waals surface area contributed by atoms with Crippen LogP contribution >= 0.6 is 46.6 Å². The van der Waals surface area contributed by atoms with E-state index in [0.29, 0.717) is 33.5 Å². The molecule has 5 rings (SSSR count). The third-order valence-corrected chi connectivity index (χ3v) is 11.9. The second kappa shape index (κ2) is 13.2. The van der Waals surface area contributed by atoms with E-state index in [1.807, 2.05) is 0 Å². The molecule has 6 amide bonds. The molecule has 2 fully saturated rings. The van der Waals surface area contributed by atoms with Crippen LogP contribution in [0, 0.1) is 0 Å². The van der Waals surface area contributed by atoms with E-state index in [-0.39, 0.29) is 18.8 Å².